The smallest absolute Gasteiger partial charge is 0.00564 e. The Morgan fingerprint density at radius 2 is 1.87 bits per heavy atom. The van der Waals surface area contributed by atoms with Crippen LogP contribution in [0.5, 0.6) is 0 Å². The first kappa shape index (κ1) is 9.17. The fraction of sp³-hybridized carbons (Fsp3) is 0.429. The molecule has 1 nitrogen and oxygen atoms in total. The number of fused-ring (bicyclic) bond motifs is 1. The van der Waals surface area contributed by atoms with Gasteiger partial charge < -0.3 is 5.32 Å². The van der Waals surface area contributed by atoms with Gasteiger partial charge in [0.2, 0.25) is 0 Å². The molecule has 1 fully saturated rings. The largest absolute Gasteiger partial charge is 0.317 e. The summed E-state index contributed by atoms with van der Waals surface area (Å²) in [6.07, 6.45) is 7.34. The van der Waals surface area contributed by atoms with Crippen molar-refractivity contribution in [1.82, 2.24) is 5.32 Å². The van der Waals surface area contributed by atoms with Crippen LogP contribution in [-0.4, -0.2) is 13.1 Å². The molecule has 0 spiro atoms. The maximum absolute atomic E-state index is 3.44. The predicted molar refractivity (Wildman–Crippen MR) is 63.8 cm³/mol. The molecule has 1 unspecified atom stereocenters. The minimum atomic E-state index is 0.684. The van der Waals surface area contributed by atoms with Gasteiger partial charge in [0.1, 0.15) is 0 Å². The van der Waals surface area contributed by atoms with Crippen LogP contribution in [0.3, 0.4) is 0 Å². The highest BCUT2D eigenvalue weighted by Crippen LogP contribution is 2.38. The molecule has 1 aromatic rings. The summed E-state index contributed by atoms with van der Waals surface area (Å²) in [6, 6.07) is 8.82. The van der Waals surface area contributed by atoms with Crippen molar-refractivity contribution in [2.24, 2.45) is 5.92 Å². The average molecular weight is 199 g/mol. The second kappa shape index (κ2) is 3.82. The molecule has 0 bridgehead atoms. The van der Waals surface area contributed by atoms with E-state index < -0.39 is 0 Å². The Balaban J connectivity index is 1.86. The van der Waals surface area contributed by atoms with E-state index in [-0.39, 0.29) is 0 Å². The summed E-state index contributed by atoms with van der Waals surface area (Å²) < 4.78 is 0. The SMILES string of the molecule is C1=CC(C2CCNCC2)c2ccccc21. The molecule has 0 saturated carbocycles. The minimum absolute atomic E-state index is 0.684. The van der Waals surface area contributed by atoms with Crippen LogP contribution >= 0.6 is 0 Å². The van der Waals surface area contributed by atoms with Gasteiger partial charge in [-0.2, -0.15) is 0 Å². The Hall–Kier alpha value is -1.08. The van der Waals surface area contributed by atoms with E-state index in [2.05, 4.69) is 41.7 Å². The van der Waals surface area contributed by atoms with Gasteiger partial charge in [-0.1, -0.05) is 36.4 Å². The maximum Gasteiger partial charge on any atom is 0.00564 e. The third kappa shape index (κ3) is 1.61. The van der Waals surface area contributed by atoms with Crippen molar-refractivity contribution in [3.8, 4) is 0 Å². The number of piperidine rings is 1. The molecule has 0 aromatic heterocycles. The van der Waals surface area contributed by atoms with Crippen LogP contribution in [-0.2, 0) is 0 Å². The van der Waals surface area contributed by atoms with E-state index in [0.29, 0.717) is 5.92 Å². The van der Waals surface area contributed by atoms with Crippen LogP contribution in [0.15, 0.2) is 30.3 Å². The van der Waals surface area contributed by atoms with Gasteiger partial charge in [-0.15, -0.1) is 0 Å². The zero-order valence-corrected chi connectivity index (χ0v) is 8.95. The molecule has 3 rings (SSSR count). The number of nitrogens with one attached hydrogen (secondary N) is 1. The summed E-state index contributed by atoms with van der Waals surface area (Å²) in [4.78, 5) is 0. The van der Waals surface area contributed by atoms with Crippen molar-refractivity contribution >= 4 is 6.08 Å². The molecular formula is C14H17N. The first-order valence-electron chi connectivity index (χ1n) is 5.93. The molecule has 1 heterocycles. The van der Waals surface area contributed by atoms with Gasteiger partial charge in [0.15, 0.2) is 0 Å². The number of hydrogen-bond donors (Lipinski definition) is 1. The van der Waals surface area contributed by atoms with Gasteiger partial charge in [-0.25, -0.2) is 0 Å². The number of hydrogen-bond acceptors (Lipinski definition) is 1. The molecule has 1 heteroatoms. The van der Waals surface area contributed by atoms with Gasteiger partial charge >= 0.3 is 0 Å². The van der Waals surface area contributed by atoms with Gasteiger partial charge in [0, 0.05) is 5.92 Å². The second-order valence-electron chi connectivity index (χ2n) is 4.60. The lowest BCUT2D eigenvalue weighted by atomic mass is 9.82. The molecule has 0 radical (unpaired) electrons. The van der Waals surface area contributed by atoms with Crippen LogP contribution in [0.25, 0.3) is 6.08 Å². The quantitative estimate of drug-likeness (QED) is 0.733. The van der Waals surface area contributed by atoms with E-state index in [1.165, 1.54) is 31.5 Å². The summed E-state index contributed by atoms with van der Waals surface area (Å²) in [5.74, 6) is 1.54. The van der Waals surface area contributed by atoms with Crippen LogP contribution in [0, 0.1) is 5.92 Å². The molecule has 2 aliphatic rings. The number of allylic oxidation sites excluding steroid dienone is 1. The molecule has 1 aliphatic carbocycles. The Morgan fingerprint density at radius 3 is 2.73 bits per heavy atom. The molecular weight excluding hydrogens is 182 g/mol. The van der Waals surface area contributed by atoms with Crippen molar-refractivity contribution in [3.63, 3.8) is 0 Å². The van der Waals surface area contributed by atoms with Gasteiger partial charge in [-0.05, 0) is 43.0 Å². The normalized spacial score (nSPS) is 25.5. The molecule has 1 aliphatic heterocycles. The summed E-state index contributed by atoms with van der Waals surface area (Å²) in [7, 11) is 0. The number of rotatable bonds is 1. The zero-order chi connectivity index (χ0) is 10.1. The summed E-state index contributed by atoms with van der Waals surface area (Å²) in [5, 5.41) is 3.44. The lowest BCUT2D eigenvalue weighted by Gasteiger charge is -2.27. The third-order valence-electron chi connectivity index (χ3n) is 3.73. The second-order valence-corrected chi connectivity index (χ2v) is 4.60. The standard InChI is InChI=1S/C14H17N/c1-2-4-13-11(3-1)5-6-14(13)12-7-9-15-10-8-12/h1-6,12,14-15H,7-10H2. The zero-order valence-electron chi connectivity index (χ0n) is 8.95. The molecule has 0 amide bonds. The van der Waals surface area contributed by atoms with Crippen molar-refractivity contribution in [2.75, 3.05) is 13.1 Å². The Bertz CT molecular complexity index is 375. The first-order valence-corrected chi connectivity index (χ1v) is 5.93. The summed E-state index contributed by atoms with van der Waals surface area (Å²) in [5.41, 5.74) is 2.98. The Kier molecular flexibility index (Phi) is 2.34. The van der Waals surface area contributed by atoms with Crippen LogP contribution < -0.4 is 5.32 Å². The van der Waals surface area contributed by atoms with Gasteiger partial charge in [0.25, 0.3) is 0 Å². The summed E-state index contributed by atoms with van der Waals surface area (Å²) in [6.45, 7) is 2.38. The molecule has 78 valence electrons. The van der Waals surface area contributed by atoms with E-state index in [4.69, 9.17) is 0 Å². The predicted octanol–water partition coefficient (Wildman–Crippen LogP) is 2.80. The highest BCUT2D eigenvalue weighted by Gasteiger charge is 2.26. The third-order valence-corrected chi connectivity index (χ3v) is 3.73. The lowest BCUT2D eigenvalue weighted by Crippen LogP contribution is -2.30. The summed E-state index contributed by atoms with van der Waals surface area (Å²) >= 11 is 0. The average Bonchev–Trinajstić information content (AvgIpc) is 2.74. The first-order chi connectivity index (χ1) is 7.45. The van der Waals surface area contributed by atoms with Gasteiger partial charge in [0.05, 0.1) is 0 Å². The molecule has 1 N–H and O–H groups in total. The fourth-order valence-corrected chi connectivity index (χ4v) is 2.89. The molecule has 1 atom stereocenters. The highest BCUT2D eigenvalue weighted by molar-refractivity contribution is 5.62. The maximum atomic E-state index is 3.44. The Morgan fingerprint density at radius 1 is 1.07 bits per heavy atom. The van der Waals surface area contributed by atoms with E-state index in [1.807, 2.05) is 0 Å². The molecule has 1 saturated heterocycles. The highest BCUT2D eigenvalue weighted by atomic mass is 14.9. The van der Waals surface area contributed by atoms with Crippen molar-refractivity contribution < 1.29 is 0 Å². The number of benzene rings is 1. The molecule has 1 aromatic carbocycles. The van der Waals surface area contributed by atoms with Crippen LogP contribution in [0.1, 0.15) is 29.9 Å². The van der Waals surface area contributed by atoms with E-state index in [0.717, 1.165) is 5.92 Å². The minimum Gasteiger partial charge on any atom is -0.317 e. The van der Waals surface area contributed by atoms with Crippen LogP contribution in [0.4, 0.5) is 0 Å². The van der Waals surface area contributed by atoms with Crippen molar-refractivity contribution in [3.05, 3.63) is 41.5 Å². The van der Waals surface area contributed by atoms with Crippen molar-refractivity contribution in [2.45, 2.75) is 18.8 Å². The lowest BCUT2D eigenvalue weighted by molar-refractivity contribution is 0.349. The van der Waals surface area contributed by atoms with Gasteiger partial charge in [-0.3, -0.25) is 0 Å². The van der Waals surface area contributed by atoms with Crippen molar-refractivity contribution in [1.29, 1.82) is 0 Å². The topological polar surface area (TPSA) is 12.0 Å². The van der Waals surface area contributed by atoms with Crippen LogP contribution in [0.2, 0.25) is 0 Å². The monoisotopic (exact) mass is 199 g/mol. The fourth-order valence-electron chi connectivity index (χ4n) is 2.89. The molecule has 15 heavy (non-hydrogen) atoms. The van der Waals surface area contributed by atoms with E-state index >= 15 is 0 Å². The van der Waals surface area contributed by atoms with E-state index in [1.54, 1.807) is 5.56 Å². The Labute approximate surface area is 91.2 Å². The van der Waals surface area contributed by atoms with E-state index in [9.17, 15) is 0 Å².